The lowest BCUT2D eigenvalue weighted by Gasteiger charge is -2.21. The van der Waals surface area contributed by atoms with Crippen molar-refractivity contribution in [1.82, 2.24) is 10.2 Å². The van der Waals surface area contributed by atoms with Gasteiger partial charge in [0.15, 0.2) is 0 Å². The fraction of sp³-hybridized carbons (Fsp3) is 0.467. The average Bonchev–Trinajstić information content (AvgIpc) is 2.87. The fourth-order valence-corrected chi connectivity index (χ4v) is 2.32. The SMILES string of the molecule is CC(CN(C)C(=O)NCC1COc2ccccc21)C(=O)O. The Hall–Kier alpha value is -2.24. The number of urea groups is 1. The third-order valence-electron chi connectivity index (χ3n) is 3.61. The zero-order valence-corrected chi connectivity index (χ0v) is 12.2. The van der Waals surface area contributed by atoms with Crippen LogP contribution in [0.15, 0.2) is 24.3 Å². The lowest BCUT2D eigenvalue weighted by Crippen LogP contribution is -2.42. The van der Waals surface area contributed by atoms with E-state index in [2.05, 4.69) is 5.32 Å². The highest BCUT2D eigenvalue weighted by atomic mass is 16.5. The van der Waals surface area contributed by atoms with Crippen LogP contribution < -0.4 is 10.1 Å². The van der Waals surface area contributed by atoms with E-state index in [0.29, 0.717) is 13.2 Å². The quantitative estimate of drug-likeness (QED) is 0.862. The number of hydrogen-bond donors (Lipinski definition) is 2. The summed E-state index contributed by atoms with van der Waals surface area (Å²) < 4.78 is 5.56. The van der Waals surface area contributed by atoms with Gasteiger partial charge in [0.05, 0.1) is 12.5 Å². The van der Waals surface area contributed by atoms with Crippen molar-refractivity contribution in [2.75, 3.05) is 26.7 Å². The molecule has 0 aromatic heterocycles. The summed E-state index contributed by atoms with van der Waals surface area (Å²) in [4.78, 5) is 24.1. The minimum absolute atomic E-state index is 0.135. The molecule has 1 aliphatic heterocycles. The number of amides is 2. The minimum atomic E-state index is -0.909. The molecule has 114 valence electrons. The van der Waals surface area contributed by atoms with Crippen LogP contribution in [0.1, 0.15) is 18.4 Å². The van der Waals surface area contributed by atoms with Crippen molar-refractivity contribution in [2.45, 2.75) is 12.8 Å². The van der Waals surface area contributed by atoms with Crippen molar-refractivity contribution >= 4 is 12.0 Å². The molecule has 2 unspecified atom stereocenters. The van der Waals surface area contributed by atoms with Gasteiger partial charge < -0.3 is 20.1 Å². The Morgan fingerprint density at radius 3 is 2.90 bits per heavy atom. The molecule has 0 fully saturated rings. The smallest absolute Gasteiger partial charge is 0.317 e. The predicted molar refractivity (Wildman–Crippen MR) is 77.5 cm³/mol. The number of para-hydroxylation sites is 1. The van der Waals surface area contributed by atoms with E-state index in [0.717, 1.165) is 11.3 Å². The molecule has 2 amide bonds. The van der Waals surface area contributed by atoms with E-state index in [1.807, 2.05) is 24.3 Å². The second kappa shape index (κ2) is 6.47. The highest BCUT2D eigenvalue weighted by Crippen LogP contribution is 2.32. The van der Waals surface area contributed by atoms with Gasteiger partial charge in [0.25, 0.3) is 0 Å². The van der Waals surface area contributed by atoms with Crippen LogP contribution in [0, 0.1) is 5.92 Å². The first-order valence-corrected chi connectivity index (χ1v) is 6.92. The summed E-state index contributed by atoms with van der Waals surface area (Å²) in [7, 11) is 1.59. The molecule has 1 aromatic carbocycles. The number of nitrogens with zero attached hydrogens (tertiary/aromatic N) is 1. The summed E-state index contributed by atoms with van der Waals surface area (Å²) in [6.07, 6.45) is 0. The van der Waals surface area contributed by atoms with Crippen molar-refractivity contribution in [1.29, 1.82) is 0 Å². The van der Waals surface area contributed by atoms with Gasteiger partial charge in [-0.05, 0) is 6.07 Å². The maximum atomic E-state index is 12.0. The normalized spacial score (nSPS) is 17.5. The molecule has 1 aromatic rings. The Balaban J connectivity index is 1.84. The van der Waals surface area contributed by atoms with Crippen LogP contribution in [-0.2, 0) is 4.79 Å². The van der Waals surface area contributed by atoms with Crippen molar-refractivity contribution in [3.63, 3.8) is 0 Å². The number of aliphatic carboxylic acids is 1. The Kier molecular flexibility index (Phi) is 4.67. The molecule has 2 rings (SSSR count). The molecule has 0 spiro atoms. The summed E-state index contributed by atoms with van der Waals surface area (Å²) in [6, 6.07) is 7.50. The number of ether oxygens (including phenoxy) is 1. The first-order chi connectivity index (χ1) is 9.99. The molecule has 6 heteroatoms. The van der Waals surface area contributed by atoms with Crippen LogP contribution in [0.25, 0.3) is 0 Å². The van der Waals surface area contributed by atoms with Crippen molar-refractivity contribution in [2.24, 2.45) is 5.92 Å². The summed E-state index contributed by atoms with van der Waals surface area (Å²) >= 11 is 0. The van der Waals surface area contributed by atoms with E-state index in [4.69, 9.17) is 9.84 Å². The van der Waals surface area contributed by atoms with Crippen LogP contribution in [0.4, 0.5) is 4.79 Å². The van der Waals surface area contributed by atoms with E-state index < -0.39 is 11.9 Å². The summed E-state index contributed by atoms with van der Waals surface area (Å²) in [5.41, 5.74) is 1.10. The number of carbonyl (C=O) groups excluding carboxylic acids is 1. The molecule has 0 aliphatic carbocycles. The number of carboxylic acid groups (broad SMARTS) is 1. The first kappa shape index (κ1) is 15.2. The Morgan fingerprint density at radius 2 is 2.19 bits per heavy atom. The first-order valence-electron chi connectivity index (χ1n) is 6.92. The lowest BCUT2D eigenvalue weighted by molar-refractivity contribution is -0.141. The van der Waals surface area contributed by atoms with Gasteiger partial charge in [0.1, 0.15) is 5.75 Å². The van der Waals surface area contributed by atoms with Crippen LogP contribution in [0.2, 0.25) is 0 Å². The zero-order valence-electron chi connectivity index (χ0n) is 12.2. The fourth-order valence-electron chi connectivity index (χ4n) is 2.32. The highest BCUT2D eigenvalue weighted by molar-refractivity contribution is 5.75. The van der Waals surface area contributed by atoms with Crippen LogP contribution >= 0.6 is 0 Å². The van der Waals surface area contributed by atoms with Gasteiger partial charge in [-0.1, -0.05) is 25.1 Å². The topological polar surface area (TPSA) is 78.9 Å². The van der Waals surface area contributed by atoms with E-state index in [9.17, 15) is 9.59 Å². The van der Waals surface area contributed by atoms with Gasteiger partial charge in [-0.3, -0.25) is 4.79 Å². The number of carboxylic acids is 1. The van der Waals surface area contributed by atoms with Gasteiger partial charge in [-0.2, -0.15) is 0 Å². The molecule has 2 atom stereocenters. The predicted octanol–water partition coefficient (Wildman–Crippen LogP) is 1.52. The number of rotatable bonds is 5. The van der Waals surface area contributed by atoms with Gasteiger partial charge in [-0.25, -0.2) is 4.79 Å². The molecule has 0 radical (unpaired) electrons. The largest absolute Gasteiger partial charge is 0.493 e. The third-order valence-corrected chi connectivity index (χ3v) is 3.61. The second-order valence-corrected chi connectivity index (χ2v) is 5.35. The standard InChI is InChI=1S/C15H20N2O4/c1-10(14(18)19)8-17(2)15(20)16-7-11-9-21-13-6-4-3-5-12(11)13/h3-6,10-11H,7-9H2,1-2H3,(H,16,20)(H,18,19). The maximum absolute atomic E-state index is 12.0. The molecule has 0 saturated heterocycles. The van der Waals surface area contributed by atoms with E-state index in [-0.39, 0.29) is 18.5 Å². The van der Waals surface area contributed by atoms with Gasteiger partial charge >= 0.3 is 12.0 Å². The summed E-state index contributed by atoms with van der Waals surface area (Å²) in [5.74, 6) is -0.496. The average molecular weight is 292 g/mol. The molecule has 0 saturated carbocycles. The molecular weight excluding hydrogens is 272 g/mol. The number of fused-ring (bicyclic) bond motifs is 1. The summed E-state index contributed by atoms with van der Waals surface area (Å²) in [6.45, 7) is 2.78. The van der Waals surface area contributed by atoms with Gasteiger partial charge in [0.2, 0.25) is 0 Å². The van der Waals surface area contributed by atoms with Crippen molar-refractivity contribution in [3.8, 4) is 5.75 Å². The molecule has 0 bridgehead atoms. The summed E-state index contributed by atoms with van der Waals surface area (Å²) in [5, 5.41) is 11.7. The van der Waals surface area contributed by atoms with Gasteiger partial charge in [0, 0.05) is 31.6 Å². The zero-order chi connectivity index (χ0) is 15.4. The third kappa shape index (κ3) is 3.65. The molecule has 1 heterocycles. The minimum Gasteiger partial charge on any atom is -0.493 e. The van der Waals surface area contributed by atoms with Gasteiger partial charge in [-0.15, -0.1) is 0 Å². The highest BCUT2D eigenvalue weighted by Gasteiger charge is 2.25. The van der Waals surface area contributed by atoms with Crippen LogP contribution in [0.3, 0.4) is 0 Å². The van der Waals surface area contributed by atoms with Crippen LogP contribution in [-0.4, -0.2) is 48.8 Å². The van der Waals surface area contributed by atoms with E-state index in [1.54, 1.807) is 14.0 Å². The molecule has 6 nitrogen and oxygen atoms in total. The Bertz CT molecular complexity index is 532. The second-order valence-electron chi connectivity index (χ2n) is 5.35. The number of hydrogen-bond acceptors (Lipinski definition) is 3. The Morgan fingerprint density at radius 1 is 1.48 bits per heavy atom. The molecular formula is C15H20N2O4. The lowest BCUT2D eigenvalue weighted by atomic mass is 10.0. The number of carbonyl (C=O) groups is 2. The van der Waals surface area contributed by atoms with E-state index in [1.165, 1.54) is 4.90 Å². The van der Waals surface area contributed by atoms with E-state index >= 15 is 0 Å². The molecule has 1 aliphatic rings. The maximum Gasteiger partial charge on any atom is 0.317 e. The monoisotopic (exact) mass is 292 g/mol. The Labute approximate surface area is 123 Å². The number of benzene rings is 1. The van der Waals surface area contributed by atoms with Crippen molar-refractivity contribution in [3.05, 3.63) is 29.8 Å². The van der Waals surface area contributed by atoms with Crippen LogP contribution in [0.5, 0.6) is 5.75 Å². The molecule has 2 N–H and O–H groups in total. The number of nitrogens with one attached hydrogen (secondary N) is 1. The van der Waals surface area contributed by atoms with Crippen molar-refractivity contribution < 1.29 is 19.4 Å². The molecule has 21 heavy (non-hydrogen) atoms.